The number of benzene rings is 1. The van der Waals surface area contributed by atoms with Crippen LogP contribution in [-0.2, 0) is 0 Å². The predicted molar refractivity (Wildman–Crippen MR) is 81.8 cm³/mol. The summed E-state index contributed by atoms with van der Waals surface area (Å²) < 4.78 is 0. The van der Waals surface area contributed by atoms with E-state index in [0.29, 0.717) is 0 Å². The zero-order chi connectivity index (χ0) is 14.3. The standard InChI is InChI=1S/C16H26N2O/c1-13(2)7-5-6-12-17-16(19)14-8-10-15(11-9-14)18(3)4/h8-11,13H,5-7,12H2,1-4H3,(H,17,19). The van der Waals surface area contributed by atoms with Crippen molar-refractivity contribution < 1.29 is 4.79 Å². The highest BCUT2D eigenvalue weighted by Crippen LogP contribution is 2.12. The monoisotopic (exact) mass is 262 g/mol. The number of nitrogens with one attached hydrogen (secondary N) is 1. The van der Waals surface area contributed by atoms with E-state index in [1.807, 2.05) is 43.3 Å². The molecule has 3 heteroatoms. The average Bonchev–Trinajstić information content (AvgIpc) is 2.37. The van der Waals surface area contributed by atoms with Gasteiger partial charge in [-0.15, -0.1) is 0 Å². The number of rotatable bonds is 7. The predicted octanol–water partition coefficient (Wildman–Crippen LogP) is 3.31. The molecule has 0 aliphatic carbocycles. The van der Waals surface area contributed by atoms with Crippen molar-refractivity contribution in [3.63, 3.8) is 0 Å². The average molecular weight is 262 g/mol. The molecule has 0 fully saturated rings. The SMILES string of the molecule is CC(C)CCCCNC(=O)c1ccc(N(C)C)cc1. The molecular weight excluding hydrogens is 236 g/mol. The van der Waals surface area contributed by atoms with Gasteiger partial charge in [-0.1, -0.05) is 26.7 Å². The van der Waals surface area contributed by atoms with E-state index in [1.54, 1.807) is 0 Å². The Kier molecular flexibility index (Phi) is 6.40. The molecule has 0 aromatic heterocycles. The first-order valence-corrected chi connectivity index (χ1v) is 7.06. The third-order valence-corrected chi connectivity index (χ3v) is 3.14. The Morgan fingerprint density at radius 3 is 2.32 bits per heavy atom. The molecule has 3 nitrogen and oxygen atoms in total. The molecule has 0 aliphatic rings. The van der Waals surface area contributed by atoms with Crippen LogP contribution in [0.1, 0.15) is 43.5 Å². The highest BCUT2D eigenvalue weighted by molar-refractivity contribution is 5.94. The van der Waals surface area contributed by atoms with E-state index in [2.05, 4.69) is 19.2 Å². The summed E-state index contributed by atoms with van der Waals surface area (Å²) in [7, 11) is 3.98. The third kappa shape index (κ3) is 5.77. The van der Waals surface area contributed by atoms with Crippen molar-refractivity contribution in [1.82, 2.24) is 5.32 Å². The molecule has 0 saturated heterocycles. The molecular formula is C16H26N2O. The molecule has 106 valence electrons. The van der Waals surface area contributed by atoms with Crippen LogP contribution in [0, 0.1) is 5.92 Å². The minimum atomic E-state index is 0.0230. The highest BCUT2D eigenvalue weighted by atomic mass is 16.1. The van der Waals surface area contributed by atoms with Gasteiger partial charge in [0.15, 0.2) is 0 Å². The molecule has 0 unspecified atom stereocenters. The fraction of sp³-hybridized carbons (Fsp3) is 0.562. The Morgan fingerprint density at radius 2 is 1.79 bits per heavy atom. The maximum Gasteiger partial charge on any atom is 0.251 e. The van der Waals surface area contributed by atoms with Gasteiger partial charge in [-0.2, -0.15) is 0 Å². The fourth-order valence-corrected chi connectivity index (χ4v) is 1.89. The van der Waals surface area contributed by atoms with E-state index in [1.165, 1.54) is 12.8 Å². The van der Waals surface area contributed by atoms with E-state index in [9.17, 15) is 4.79 Å². The van der Waals surface area contributed by atoms with Gasteiger partial charge in [-0.25, -0.2) is 0 Å². The van der Waals surface area contributed by atoms with Crippen LogP contribution in [0.2, 0.25) is 0 Å². The molecule has 1 aromatic carbocycles. The van der Waals surface area contributed by atoms with Crippen molar-refractivity contribution in [2.45, 2.75) is 33.1 Å². The van der Waals surface area contributed by atoms with E-state index in [4.69, 9.17) is 0 Å². The summed E-state index contributed by atoms with van der Waals surface area (Å²) in [4.78, 5) is 13.9. The van der Waals surface area contributed by atoms with Crippen LogP contribution in [0.5, 0.6) is 0 Å². The van der Waals surface area contributed by atoms with Gasteiger partial charge >= 0.3 is 0 Å². The fourth-order valence-electron chi connectivity index (χ4n) is 1.89. The molecule has 1 rings (SSSR count). The molecule has 0 atom stereocenters. The first-order chi connectivity index (χ1) is 9.00. The van der Waals surface area contributed by atoms with Crippen LogP contribution in [0.3, 0.4) is 0 Å². The third-order valence-electron chi connectivity index (χ3n) is 3.14. The second-order valence-corrected chi connectivity index (χ2v) is 5.59. The maximum absolute atomic E-state index is 11.9. The molecule has 0 spiro atoms. The normalized spacial score (nSPS) is 10.6. The van der Waals surface area contributed by atoms with Crippen molar-refractivity contribution in [1.29, 1.82) is 0 Å². The van der Waals surface area contributed by atoms with Crippen molar-refractivity contribution in [3.8, 4) is 0 Å². The molecule has 0 radical (unpaired) electrons. The van der Waals surface area contributed by atoms with Gasteiger partial charge in [0.05, 0.1) is 0 Å². The zero-order valence-electron chi connectivity index (χ0n) is 12.6. The number of anilines is 1. The van der Waals surface area contributed by atoms with Gasteiger partial charge in [0.25, 0.3) is 5.91 Å². The van der Waals surface area contributed by atoms with E-state index in [0.717, 1.165) is 30.1 Å². The maximum atomic E-state index is 11.9. The van der Waals surface area contributed by atoms with E-state index >= 15 is 0 Å². The second kappa shape index (κ2) is 7.82. The first-order valence-electron chi connectivity index (χ1n) is 7.06. The van der Waals surface area contributed by atoms with Crippen LogP contribution in [0.25, 0.3) is 0 Å². The number of carbonyl (C=O) groups is 1. The Bertz CT molecular complexity index is 382. The number of nitrogens with zero attached hydrogens (tertiary/aromatic N) is 1. The van der Waals surface area contributed by atoms with Crippen LogP contribution < -0.4 is 10.2 Å². The molecule has 19 heavy (non-hydrogen) atoms. The van der Waals surface area contributed by atoms with Crippen molar-refractivity contribution in [2.75, 3.05) is 25.5 Å². The number of hydrogen-bond donors (Lipinski definition) is 1. The quantitative estimate of drug-likeness (QED) is 0.765. The van der Waals surface area contributed by atoms with Crippen LogP contribution in [0.15, 0.2) is 24.3 Å². The molecule has 1 amide bonds. The largest absolute Gasteiger partial charge is 0.378 e. The minimum Gasteiger partial charge on any atom is -0.378 e. The van der Waals surface area contributed by atoms with Crippen LogP contribution >= 0.6 is 0 Å². The lowest BCUT2D eigenvalue weighted by Gasteiger charge is -2.12. The van der Waals surface area contributed by atoms with Crippen molar-refractivity contribution >= 4 is 11.6 Å². The number of unbranched alkanes of at least 4 members (excludes halogenated alkanes) is 1. The number of amides is 1. The van der Waals surface area contributed by atoms with E-state index in [-0.39, 0.29) is 5.91 Å². The lowest BCUT2D eigenvalue weighted by Crippen LogP contribution is -2.24. The summed E-state index contributed by atoms with van der Waals surface area (Å²) in [6.07, 6.45) is 3.46. The Balaban J connectivity index is 2.33. The zero-order valence-corrected chi connectivity index (χ0v) is 12.6. The van der Waals surface area contributed by atoms with Gasteiger partial charge in [0, 0.05) is 31.9 Å². The number of hydrogen-bond acceptors (Lipinski definition) is 2. The summed E-state index contributed by atoms with van der Waals surface area (Å²) in [5, 5.41) is 2.97. The second-order valence-electron chi connectivity index (χ2n) is 5.59. The smallest absolute Gasteiger partial charge is 0.251 e. The summed E-state index contributed by atoms with van der Waals surface area (Å²) in [6.45, 7) is 5.22. The van der Waals surface area contributed by atoms with Crippen molar-refractivity contribution in [3.05, 3.63) is 29.8 Å². The highest BCUT2D eigenvalue weighted by Gasteiger charge is 2.05. The van der Waals surface area contributed by atoms with Gasteiger partial charge in [0.2, 0.25) is 0 Å². The summed E-state index contributed by atoms with van der Waals surface area (Å²) in [6, 6.07) is 7.68. The van der Waals surface area contributed by atoms with Gasteiger partial charge < -0.3 is 10.2 Å². The molecule has 0 heterocycles. The van der Waals surface area contributed by atoms with Crippen molar-refractivity contribution in [2.24, 2.45) is 5.92 Å². The molecule has 0 bridgehead atoms. The molecule has 1 N–H and O–H groups in total. The Labute approximate surface area is 117 Å². The first kappa shape index (κ1) is 15.5. The molecule has 0 aliphatic heterocycles. The Hall–Kier alpha value is -1.51. The summed E-state index contributed by atoms with van der Waals surface area (Å²) >= 11 is 0. The van der Waals surface area contributed by atoms with Gasteiger partial charge in [-0.05, 0) is 36.6 Å². The topological polar surface area (TPSA) is 32.3 Å². The van der Waals surface area contributed by atoms with Gasteiger partial charge in [0.1, 0.15) is 0 Å². The lowest BCUT2D eigenvalue weighted by atomic mass is 10.1. The lowest BCUT2D eigenvalue weighted by molar-refractivity contribution is 0.0953. The Morgan fingerprint density at radius 1 is 1.16 bits per heavy atom. The van der Waals surface area contributed by atoms with E-state index < -0.39 is 0 Å². The van der Waals surface area contributed by atoms with Crippen LogP contribution in [0.4, 0.5) is 5.69 Å². The molecule has 0 saturated carbocycles. The van der Waals surface area contributed by atoms with Crippen LogP contribution in [-0.4, -0.2) is 26.5 Å². The van der Waals surface area contributed by atoms with Gasteiger partial charge in [-0.3, -0.25) is 4.79 Å². The summed E-state index contributed by atoms with van der Waals surface area (Å²) in [5.74, 6) is 0.768. The summed E-state index contributed by atoms with van der Waals surface area (Å²) in [5.41, 5.74) is 1.84. The molecule has 1 aromatic rings. The minimum absolute atomic E-state index is 0.0230. The number of carbonyl (C=O) groups excluding carboxylic acids is 1.